The molecular formula is C24H21FN2O6. The van der Waals surface area contributed by atoms with Gasteiger partial charge in [0.2, 0.25) is 5.95 Å². The molecule has 0 saturated carbocycles. The molecule has 1 aliphatic carbocycles. The van der Waals surface area contributed by atoms with Crippen LogP contribution in [0.25, 0.3) is 11.1 Å². The van der Waals surface area contributed by atoms with Gasteiger partial charge in [0.25, 0.3) is 0 Å². The van der Waals surface area contributed by atoms with Gasteiger partial charge in [-0.3, -0.25) is 0 Å². The van der Waals surface area contributed by atoms with E-state index in [1.54, 1.807) is 0 Å². The van der Waals surface area contributed by atoms with Crippen LogP contribution in [0.5, 0.6) is 0 Å². The first-order valence-electron chi connectivity index (χ1n) is 10.2. The molecule has 0 aliphatic heterocycles. The first-order chi connectivity index (χ1) is 15.9. The van der Waals surface area contributed by atoms with Gasteiger partial charge in [-0.1, -0.05) is 48.5 Å². The van der Waals surface area contributed by atoms with E-state index < -0.39 is 35.8 Å². The average Bonchev–Trinajstić information content (AvgIpc) is 3.14. The molecular weight excluding hydrogens is 431 g/mol. The van der Waals surface area contributed by atoms with Crippen LogP contribution in [0, 0.1) is 5.95 Å². The van der Waals surface area contributed by atoms with Crippen LogP contribution in [0.2, 0.25) is 0 Å². The standard InChI is InChI=1S/C24H21FN2O6/c25-22-18(23(30)31)9-13(10-26-22)21(29)20(28)11-27-24(32)33-12-19-16-7-3-1-5-14(16)15-6-2-4-8-17(15)19/h1-10,19-21,28-29H,11-12H2,(H,27,32)(H,30,31). The van der Waals surface area contributed by atoms with E-state index in [4.69, 9.17) is 9.84 Å². The summed E-state index contributed by atoms with van der Waals surface area (Å²) in [5, 5.41) is 31.7. The molecule has 2 atom stereocenters. The number of alkyl carbamates (subject to hydrolysis) is 1. The number of aliphatic hydroxyl groups excluding tert-OH is 2. The van der Waals surface area contributed by atoms with Gasteiger partial charge < -0.3 is 25.4 Å². The van der Waals surface area contributed by atoms with Crippen LogP contribution in [0.1, 0.15) is 39.1 Å². The molecule has 1 aliphatic rings. The number of nitrogens with zero attached hydrogens (tertiary/aromatic N) is 1. The van der Waals surface area contributed by atoms with Crippen LogP contribution in [0.4, 0.5) is 9.18 Å². The van der Waals surface area contributed by atoms with E-state index in [1.165, 1.54) is 0 Å². The fourth-order valence-electron chi connectivity index (χ4n) is 3.95. The zero-order valence-corrected chi connectivity index (χ0v) is 17.3. The number of nitrogens with one attached hydrogen (secondary N) is 1. The Balaban J connectivity index is 1.35. The molecule has 0 saturated heterocycles. The Morgan fingerprint density at radius 3 is 2.27 bits per heavy atom. The number of benzene rings is 2. The Morgan fingerprint density at radius 1 is 1.06 bits per heavy atom. The summed E-state index contributed by atoms with van der Waals surface area (Å²) in [6.07, 6.45) is -2.96. The minimum absolute atomic E-state index is 0.0857. The number of fused-ring (bicyclic) bond motifs is 3. The third-order valence-electron chi connectivity index (χ3n) is 5.60. The summed E-state index contributed by atoms with van der Waals surface area (Å²) in [7, 11) is 0. The third kappa shape index (κ3) is 4.55. The lowest BCUT2D eigenvalue weighted by Crippen LogP contribution is -2.36. The lowest BCUT2D eigenvalue weighted by molar-refractivity contribution is 0.0182. The maximum absolute atomic E-state index is 13.4. The summed E-state index contributed by atoms with van der Waals surface area (Å²) < 4.78 is 18.8. The molecule has 3 aromatic rings. The number of aromatic nitrogens is 1. The smallest absolute Gasteiger partial charge is 0.407 e. The molecule has 33 heavy (non-hydrogen) atoms. The van der Waals surface area contributed by atoms with Gasteiger partial charge in [-0.05, 0) is 28.3 Å². The van der Waals surface area contributed by atoms with E-state index in [0.717, 1.165) is 34.5 Å². The number of carboxylic acid groups (broad SMARTS) is 1. The Bertz CT molecular complexity index is 1160. The highest BCUT2D eigenvalue weighted by Gasteiger charge is 2.29. The summed E-state index contributed by atoms with van der Waals surface area (Å²) in [6, 6.07) is 16.7. The van der Waals surface area contributed by atoms with E-state index in [2.05, 4.69) is 10.3 Å². The molecule has 1 heterocycles. The van der Waals surface area contributed by atoms with E-state index in [0.29, 0.717) is 0 Å². The topological polar surface area (TPSA) is 129 Å². The van der Waals surface area contributed by atoms with Crippen molar-refractivity contribution in [2.75, 3.05) is 13.2 Å². The third-order valence-corrected chi connectivity index (χ3v) is 5.60. The summed E-state index contributed by atoms with van der Waals surface area (Å²) >= 11 is 0. The van der Waals surface area contributed by atoms with Crippen molar-refractivity contribution in [1.82, 2.24) is 10.3 Å². The highest BCUT2D eigenvalue weighted by molar-refractivity contribution is 5.87. The minimum atomic E-state index is -1.59. The molecule has 1 aromatic heterocycles. The van der Waals surface area contributed by atoms with Crippen LogP contribution in [0.15, 0.2) is 60.8 Å². The number of carbonyl (C=O) groups excluding carboxylic acids is 1. The van der Waals surface area contributed by atoms with Crippen molar-refractivity contribution in [2.24, 2.45) is 0 Å². The Labute approximate surface area is 188 Å². The van der Waals surface area contributed by atoms with Crippen molar-refractivity contribution in [3.05, 3.63) is 89.0 Å². The highest BCUT2D eigenvalue weighted by Crippen LogP contribution is 2.44. The van der Waals surface area contributed by atoms with Crippen molar-refractivity contribution in [3.8, 4) is 11.1 Å². The molecule has 0 spiro atoms. The molecule has 2 unspecified atom stereocenters. The van der Waals surface area contributed by atoms with E-state index in [-0.39, 0.29) is 24.6 Å². The monoisotopic (exact) mass is 452 g/mol. The Kier molecular flexibility index (Phi) is 6.34. The second-order valence-corrected chi connectivity index (χ2v) is 7.63. The first kappa shape index (κ1) is 22.4. The molecule has 2 aromatic carbocycles. The molecule has 170 valence electrons. The van der Waals surface area contributed by atoms with E-state index in [9.17, 15) is 24.2 Å². The van der Waals surface area contributed by atoms with Gasteiger partial charge >= 0.3 is 12.1 Å². The van der Waals surface area contributed by atoms with E-state index in [1.807, 2.05) is 48.5 Å². The van der Waals surface area contributed by atoms with Gasteiger partial charge in [0, 0.05) is 24.2 Å². The zero-order chi connectivity index (χ0) is 23.5. The van der Waals surface area contributed by atoms with Crippen molar-refractivity contribution < 1.29 is 34.0 Å². The summed E-state index contributed by atoms with van der Waals surface area (Å²) in [5.74, 6) is -2.89. The molecule has 0 bridgehead atoms. The number of aromatic carboxylic acids is 1. The second-order valence-electron chi connectivity index (χ2n) is 7.63. The molecule has 4 rings (SSSR count). The lowest BCUT2D eigenvalue weighted by Gasteiger charge is -2.19. The largest absolute Gasteiger partial charge is 0.478 e. The number of amides is 1. The van der Waals surface area contributed by atoms with Crippen LogP contribution in [-0.2, 0) is 4.74 Å². The van der Waals surface area contributed by atoms with Crippen molar-refractivity contribution in [2.45, 2.75) is 18.1 Å². The molecule has 8 nitrogen and oxygen atoms in total. The van der Waals surface area contributed by atoms with Crippen LogP contribution >= 0.6 is 0 Å². The van der Waals surface area contributed by atoms with Gasteiger partial charge in [0.05, 0.1) is 0 Å². The first-order valence-corrected chi connectivity index (χ1v) is 10.2. The number of hydrogen-bond donors (Lipinski definition) is 4. The van der Waals surface area contributed by atoms with Crippen LogP contribution < -0.4 is 5.32 Å². The zero-order valence-electron chi connectivity index (χ0n) is 17.3. The van der Waals surface area contributed by atoms with Gasteiger partial charge in [-0.25, -0.2) is 14.6 Å². The molecule has 0 radical (unpaired) electrons. The molecule has 1 amide bonds. The number of rotatable bonds is 7. The second kappa shape index (κ2) is 9.35. The predicted octanol–water partition coefficient (Wildman–Crippen LogP) is 2.85. The highest BCUT2D eigenvalue weighted by atomic mass is 19.1. The maximum atomic E-state index is 13.4. The van der Waals surface area contributed by atoms with Gasteiger partial charge in [0.15, 0.2) is 0 Å². The normalized spacial score (nSPS) is 14.2. The Morgan fingerprint density at radius 2 is 1.67 bits per heavy atom. The maximum Gasteiger partial charge on any atom is 0.407 e. The van der Waals surface area contributed by atoms with Crippen molar-refractivity contribution >= 4 is 12.1 Å². The fraction of sp³-hybridized carbons (Fsp3) is 0.208. The molecule has 4 N–H and O–H groups in total. The SMILES string of the molecule is O=C(NCC(O)C(O)c1cnc(F)c(C(=O)O)c1)OCC1c2ccccc2-c2ccccc21. The quantitative estimate of drug-likeness (QED) is 0.406. The van der Waals surface area contributed by atoms with Gasteiger partial charge in [0.1, 0.15) is 24.4 Å². The van der Waals surface area contributed by atoms with Gasteiger partial charge in [-0.2, -0.15) is 4.39 Å². The minimum Gasteiger partial charge on any atom is -0.478 e. The number of ether oxygens (including phenoxy) is 1. The van der Waals surface area contributed by atoms with Crippen molar-refractivity contribution in [3.63, 3.8) is 0 Å². The van der Waals surface area contributed by atoms with Gasteiger partial charge in [-0.15, -0.1) is 0 Å². The van der Waals surface area contributed by atoms with E-state index >= 15 is 0 Å². The molecule has 9 heteroatoms. The number of aliphatic hydroxyl groups is 2. The fourth-order valence-corrected chi connectivity index (χ4v) is 3.95. The Hall–Kier alpha value is -3.82. The predicted molar refractivity (Wildman–Crippen MR) is 115 cm³/mol. The number of halogens is 1. The van der Waals surface area contributed by atoms with Crippen LogP contribution in [0.3, 0.4) is 0 Å². The van der Waals surface area contributed by atoms with Crippen LogP contribution in [-0.4, -0.2) is 51.6 Å². The number of hydrogen-bond acceptors (Lipinski definition) is 6. The van der Waals surface area contributed by atoms with Crippen molar-refractivity contribution in [1.29, 1.82) is 0 Å². The summed E-state index contributed by atoms with van der Waals surface area (Å²) in [6.45, 7) is -0.292. The number of carboxylic acids is 1. The number of carbonyl (C=O) groups is 2. The lowest BCUT2D eigenvalue weighted by atomic mass is 9.98. The average molecular weight is 452 g/mol. The summed E-state index contributed by atoms with van der Waals surface area (Å²) in [5.41, 5.74) is 3.46. The molecule has 0 fully saturated rings. The summed E-state index contributed by atoms with van der Waals surface area (Å²) in [4.78, 5) is 26.5. The number of pyridine rings is 1.